The Labute approximate surface area is 342 Å². The van der Waals surface area contributed by atoms with Gasteiger partial charge in [-0.3, -0.25) is 9.59 Å². The van der Waals surface area contributed by atoms with Gasteiger partial charge in [-0.1, -0.05) is 78.7 Å². The largest absolute Gasteiger partial charge is 0.390 e. The molecule has 8 rings (SSSR count). The molecule has 6 saturated carbocycles. The second kappa shape index (κ2) is 15.3. The Balaban J connectivity index is 0.000000172. The maximum absolute atomic E-state index is 12.2. The molecule has 0 aliphatic heterocycles. The molecule has 0 aromatic heterocycles. The molecule has 0 radical (unpaired) electrons. The van der Waals surface area contributed by atoms with E-state index >= 15 is 0 Å². The topological polar surface area (TPSA) is 83.8 Å². The molecule has 316 valence electrons. The van der Waals surface area contributed by atoms with Crippen molar-refractivity contribution in [2.24, 2.45) is 74.9 Å². The highest BCUT2D eigenvalue weighted by atomic mass is 16.5. The van der Waals surface area contributed by atoms with Crippen LogP contribution in [-0.2, 0) is 14.3 Å². The number of hydrogen-bond acceptors (Lipinski definition) is 5. The van der Waals surface area contributed by atoms with E-state index < -0.39 is 11.2 Å². The average molecular weight is 775 g/mol. The summed E-state index contributed by atoms with van der Waals surface area (Å²) in [6.07, 6.45) is 25.7. The SMILES string of the molecule is CC(C)C(=O)CC[C@H]1CCC2C3CC=C4C[C@@](C)(O)CC[C@]4(C)C3CC[C@@]21C.CC(C)C(=O)CO[C@H]1CCC2C3CC=C4C[C@@](C)(O)CC[C@]4(C)C3CC[C@@]21C. The number of rotatable bonds is 8. The third-order valence-corrected chi connectivity index (χ3v) is 19.3. The quantitative estimate of drug-likeness (QED) is 0.240. The lowest BCUT2D eigenvalue weighted by Crippen LogP contribution is -2.52. The van der Waals surface area contributed by atoms with Gasteiger partial charge in [0.2, 0.25) is 0 Å². The minimum Gasteiger partial charge on any atom is -0.390 e. The van der Waals surface area contributed by atoms with Crippen molar-refractivity contribution in [2.45, 2.75) is 202 Å². The van der Waals surface area contributed by atoms with Crippen LogP contribution in [0.15, 0.2) is 23.3 Å². The van der Waals surface area contributed by atoms with Crippen molar-refractivity contribution in [3.8, 4) is 0 Å². The van der Waals surface area contributed by atoms with Crippen LogP contribution < -0.4 is 0 Å². The minimum atomic E-state index is -0.517. The van der Waals surface area contributed by atoms with E-state index in [4.69, 9.17) is 4.74 Å². The van der Waals surface area contributed by atoms with Crippen LogP contribution in [0.2, 0.25) is 0 Å². The fourth-order valence-corrected chi connectivity index (χ4v) is 15.4. The lowest BCUT2D eigenvalue weighted by atomic mass is 9.46. The van der Waals surface area contributed by atoms with Gasteiger partial charge < -0.3 is 14.9 Å². The van der Waals surface area contributed by atoms with Gasteiger partial charge in [0.1, 0.15) is 12.4 Å². The zero-order valence-corrected chi connectivity index (χ0v) is 37.5. The lowest BCUT2D eigenvalue weighted by Gasteiger charge is -2.59. The second-order valence-corrected chi connectivity index (χ2v) is 23.4. The maximum atomic E-state index is 12.2. The molecule has 0 saturated heterocycles. The molecule has 5 heteroatoms. The highest BCUT2D eigenvalue weighted by Gasteiger charge is 2.61. The molecule has 0 amide bonds. The molecule has 0 heterocycles. The smallest absolute Gasteiger partial charge is 0.160 e. The Morgan fingerprint density at radius 2 is 1.11 bits per heavy atom. The first kappa shape index (κ1) is 42.8. The van der Waals surface area contributed by atoms with Crippen LogP contribution in [0.5, 0.6) is 0 Å². The fourth-order valence-electron chi connectivity index (χ4n) is 15.4. The van der Waals surface area contributed by atoms with E-state index in [2.05, 4.69) is 39.8 Å². The molecule has 0 aromatic carbocycles. The monoisotopic (exact) mass is 775 g/mol. The van der Waals surface area contributed by atoms with Gasteiger partial charge in [-0.05, 0) is 186 Å². The number of fused-ring (bicyclic) bond motifs is 10. The number of Topliss-reactive ketones (excluding diaryl/α,β-unsaturated/α-hetero) is 2. The molecule has 8 aliphatic rings. The summed E-state index contributed by atoms with van der Waals surface area (Å²) in [6.45, 7) is 22.3. The van der Waals surface area contributed by atoms with Gasteiger partial charge in [-0.15, -0.1) is 0 Å². The first-order valence-corrected chi connectivity index (χ1v) is 23.6. The Morgan fingerprint density at radius 3 is 1.62 bits per heavy atom. The van der Waals surface area contributed by atoms with Gasteiger partial charge in [0.25, 0.3) is 0 Å². The normalized spacial score (nSPS) is 47.9. The summed E-state index contributed by atoms with van der Waals surface area (Å²) in [4.78, 5) is 24.3. The zero-order chi connectivity index (χ0) is 40.6. The molecule has 5 nitrogen and oxygen atoms in total. The predicted octanol–water partition coefficient (Wildman–Crippen LogP) is 11.6. The lowest BCUT2D eigenvalue weighted by molar-refractivity contribution is -0.135. The number of aliphatic hydroxyl groups is 2. The summed E-state index contributed by atoms with van der Waals surface area (Å²) in [5, 5.41) is 21.2. The Morgan fingerprint density at radius 1 is 0.625 bits per heavy atom. The maximum Gasteiger partial charge on any atom is 0.160 e. The van der Waals surface area contributed by atoms with Crippen molar-refractivity contribution >= 4 is 11.6 Å². The van der Waals surface area contributed by atoms with Crippen molar-refractivity contribution in [3.63, 3.8) is 0 Å². The van der Waals surface area contributed by atoms with E-state index in [0.29, 0.717) is 22.5 Å². The van der Waals surface area contributed by atoms with E-state index in [1.54, 1.807) is 5.57 Å². The molecule has 0 spiro atoms. The van der Waals surface area contributed by atoms with Crippen molar-refractivity contribution in [1.29, 1.82) is 0 Å². The number of carbonyl (C=O) groups excluding carboxylic acids is 2. The number of carbonyl (C=O) groups is 2. The summed E-state index contributed by atoms with van der Waals surface area (Å²) in [5.74, 6) is 6.33. The molecular formula is C51H82O5. The van der Waals surface area contributed by atoms with Crippen LogP contribution in [0, 0.1) is 74.9 Å². The number of ether oxygens (including phenoxy) is 1. The van der Waals surface area contributed by atoms with Gasteiger partial charge in [0, 0.05) is 18.3 Å². The van der Waals surface area contributed by atoms with Crippen molar-refractivity contribution < 1.29 is 24.5 Å². The number of hydrogen-bond donors (Lipinski definition) is 2. The first-order chi connectivity index (χ1) is 26.1. The molecule has 0 aromatic rings. The molecule has 6 unspecified atom stereocenters. The molecule has 0 bridgehead atoms. The number of ketones is 2. The summed E-state index contributed by atoms with van der Waals surface area (Å²) in [7, 11) is 0. The summed E-state index contributed by atoms with van der Waals surface area (Å²) in [6, 6.07) is 0. The van der Waals surface area contributed by atoms with Gasteiger partial charge in [0.15, 0.2) is 5.78 Å². The van der Waals surface area contributed by atoms with Crippen molar-refractivity contribution in [2.75, 3.05) is 6.61 Å². The third kappa shape index (κ3) is 7.54. The molecule has 8 aliphatic carbocycles. The van der Waals surface area contributed by atoms with Gasteiger partial charge in [-0.2, -0.15) is 0 Å². The minimum absolute atomic E-state index is 0.0612. The van der Waals surface area contributed by atoms with Crippen LogP contribution in [0.25, 0.3) is 0 Å². The van der Waals surface area contributed by atoms with E-state index in [1.807, 2.05) is 41.5 Å². The molecule has 6 fully saturated rings. The highest BCUT2D eigenvalue weighted by molar-refractivity contribution is 5.81. The first-order valence-electron chi connectivity index (χ1n) is 23.6. The highest BCUT2D eigenvalue weighted by Crippen LogP contribution is 2.68. The Kier molecular flexibility index (Phi) is 11.7. The summed E-state index contributed by atoms with van der Waals surface area (Å²) < 4.78 is 6.24. The van der Waals surface area contributed by atoms with Crippen LogP contribution in [0.3, 0.4) is 0 Å². The van der Waals surface area contributed by atoms with Gasteiger partial charge >= 0.3 is 0 Å². The molecule has 2 N–H and O–H groups in total. The zero-order valence-electron chi connectivity index (χ0n) is 37.5. The van der Waals surface area contributed by atoms with Crippen LogP contribution >= 0.6 is 0 Å². The van der Waals surface area contributed by atoms with E-state index in [-0.39, 0.29) is 41.2 Å². The third-order valence-electron chi connectivity index (χ3n) is 19.3. The van der Waals surface area contributed by atoms with Crippen LogP contribution in [0.1, 0.15) is 185 Å². The molecular weight excluding hydrogens is 693 g/mol. The predicted molar refractivity (Wildman–Crippen MR) is 227 cm³/mol. The standard InChI is InChI=1S/C26H42O2.C25H40O3/c1-17(2)23(27)11-8-18-7-10-21-20-9-6-19-16-24(3,28)14-15-26(19,5)22(20)12-13-25(18,21)4;1-16(2)21(26)15-28-22-9-8-19-18-7-6-17-14-23(3,27)12-13-24(17,4)20(18)10-11-25(19,22)5/h6,17-18,20-22,28H,7-16H2,1-5H3;6,16,18-20,22,27H,7-15H2,1-5H3/t18-,20?,21?,22?,24+,25-,26+;18?,19?,20?,22-,23-,24-,25-/m10/s1. The van der Waals surface area contributed by atoms with Gasteiger partial charge in [0.05, 0.1) is 17.3 Å². The van der Waals surface area contributed by atoms with Crippen molar-refractivity contribution in [3.05, 3.63) is 23.3 Å². The van der Waals surface area contributed by atoms with Crippen LogP contribution in [-0.4, -0.2) is 45.7 Å². The van der Waals surface area contributed by atoms with E-state index in [1.165, 1.54) is 63.4 Å². The van der Waals surface area contributed by atoms with E-state index in [9.17, 15) is 19.8 Å². The van der Waals surface area contributed by atoms with Crippen LogP contribution in [0.4, 0.5) is 0 Å². The average Bonchev–Trinajstić information content (AvgIpc) is 3.65. The summed E-state index contributed by atoms with van der Waals surface area (Å²) >= 11 is 0. The second-order valence-electron chi connectivity index (χ2n) is 23.4. The Hall–Kier alpha value is -1.30. The number of allylic oxidation sites excluding steroid dienone is 2. The fraction of sp³-hybridized carbons (Fsp3) is 0.882. The Bertz CT molecular complexity index is 1440. The van der Waals surface area contributed by atoms with E-state index in [0.717, 1.165) is 93.3 Å². The van der Waals surface area contributed by atoms with Crippen molar-refractivity contribution in [1.82, 2.24) is 0 Å². The molecule has 14 atom stereocenters. The van der Waals surface area contributed by atoms with Gasteiger partial charge in [-0.25, -0.2) is 0 Å². The molecule has 56 heavy (non-hydrogen) atoms. The summed E-state index contributed by atoms with van der Waals surface area (Å²) in [5.41, 5.74) is 3.34.